The van der Waals surface area contributed by atoms with Gasteiger partial charge in [0.05, 0.1) is 0 Å². The fourth-order valence-corrected chi connectivity index (χ4v) is 2.46. The molecule has 0 amide bonds. The molecule has 0 atom stereocenters. The van der Waals surface area contributed by atoms with Gasteiger partial charge in [-0.3, -0.25) is 0 Å². The van der Waals surface area contributed by atoms with Crippen LogP contribution >= 0.6 is 22.6 Å². The quantitative estimate of drug-likeness (QED) is 0.675. The minimum atomic E-state index is 0.729. The molecule has 0 saturated carbocycles. The highest BCUT2D eigenvalue weighted by Gasteiger charge is 1.99. The summed E-state index contributed by atoms with van der Waals surface area (Å²) < 4.78 is 1.30. The Kier molecular flexibility index (Phi) is 4.81. The van der Waals surface area contributed by atoms with Crippen molar-refractivity contribution in [3.05, 3.63) is 68.8 Å². The number of benzene rings is 2. The van der Waals surface area contributed by atoms with Crippen molar-refractivity contribution in [1.82, 2.24) is 0 Å². The molecule has 0 nitrogen and oxygen atoms in total. The summed E-state index contributed by atoms with van der Waals surface area (Å²) in [5.74, 6) is 0.729. The van der Waals surface area contributed by atoms with Gasteiger partial charge in [0.15, 0.2) is 0 Å². The third-order valence-corrected chi connectivity index (χ3v) is 3.71. The number of hydrogen-bond acceptors (Lipinski definition) is 0. The second kappa shape index (κ2) is 6.37. The zero-order valence-corrected chi connectivity index (χ0v) is 13.1. The van der Waals surface area contributed by atoms with Crippen LogP contribution in [0.3, 0.4) is 0 Å². The Morgan fingerprint density at radius 2 is 1.22 bits per heavy atom. The molecular formula is C17H19I. The van der Waals surface area contributed by atoms with Crippen LogP contribution in [0.4, 0.5) is 0 Å². The molecule has 0 fully saturated rings. The molecule has 0 aromatic heterocycles. The SMILES string of the molecule is CC(C)Cc1ccc(Cc2ccc(I)cc2)cc1. The van der Waals surface area contributed by atoms with Crippen molar-refractivity contribution in [1.29, 1.82) is 0 Å². The van der Waals surface area contributed by atoms with Crippen molar-refractivity contribution in [2.45, 2.75) is 26.7 Å². The van der Waals surface area contributed by atoms with E-state index >= 15 is 0 Å². The molecular weight excluding hydrogens is 331 g/mol. The van der Waals surface area contributed by atoms with Crippen LogP contribution in [0.25, 0.3) is 0 Å². The Bertz CT molecular complexity index is 480. The second-order valence-electron chi connectivity index (χ2n) is 5.22. The van der Waals surface area contributed by atoms with Crippen molar-refractivity contribution in [3.63, 3.8) is 0 Å². The van der Waals surface area contributed by atoms with E-state index < -0.39 is 0 Å². The van der Waals surface area contributed by atoms with Gasteiger partial charge in [0.25, 0.3) is 0 Å². The lowest BCUT2D eigenvalue weighted by molar-refractivity contribution is 0.647. The molecule has 0 bridgehead atoms. The molecule has 0 aliphatic heterocycles. The van der Waals surface area contributed by atoms with Gasteiger partial charge >= 0.3 is 0 Å². The van der Waals surface area contributed by atoms with Crippen LogP contribution in [0.15, 0.2) is 48.5 Å². The standard InChI is InChI=1S/C17H19I/c1-13(2)11-14-3-5-15(6-4-14)12-16-7-9-17(18)10-8-16/h3-10,13H,11-12H2,1-2H3. The summed E-state index contributed by atoms with van der Waals surface area (Å²) in [6, 6.07) is 17.8. The van der Waals surface area contributed by atoms with Gasteiger partial charge in [-0.2, -0.15) is 0 Å². The third kappa shape index (κ3) is 4.13. The molecule has 1 heteroatoms. The average Bonchev–Trinajstić information content (AvgIpc) is 2.34. The molecule has 2 aromatic rings. The summed E-state index contributed by atoms with van der Waals surface area (Å²) in [6.45, 7) is 4.53. The zero-order chi connectivity index (χ0) is 13.0. The largest absolute Gasteiger partial charge is 0.0625 e. The maximum absolute atomic E-state index is 2.34. The first kappa shape index (κ1) is 13.6. The zero-order valence-electron chi connectivity index (χ0n) is 11.0. The summed E-state index contributed by atoms with van der Waals surface area (Å²) >= 11 is 2.34. The first-order valence-corrected chi connectivity index (χ1v) is 7.53. The van der Waals surface area contributed by atoms with Crippen LogP contribution in [0.1, 0.15) is 30.5 Å². The van der Waals surface area contributed by atoms with Crippen molar-refractivity contribution in [2.24, 2.45) is 5.92 Å². The second-order valence-corrected chi connectivity index (χ2v) is 6.46. The van der Waals surface area contributed by atoms with Gasteiger partial charge in [-0.25, -0.2) is 0 Å². The van der Waals surface area contributed by atoms with E-state index in [0.29, 0.717) is 0 Å². The van der Waals surface area contributed by atoms with E-state index in [4.69, 9.17) is 0 Å². The molecule has 2 aromatic carbocycles. The predicted octanol–water partition coefficient (Wildman–Crippen LogP) is 5.08. The molecule has 0 N–H and O–H groups in total. The molecule has 0 aliphatic rings. The molecule has 94 valence electrons. The number of rotatable bonds is 4. The lowest BCUT2D eigenvalue weighted by Gasteiger charge is -2.07. The fraction of sp³-hybridized carbons (Fsp3) is 0.294. The fourth-order valence-electron chi connectivity index (χ4n) is 2.10. The van der Waals surface area contributed by atoms with Crippen LogP contribution in [0.5, 0.6) is 0 Å². The van der Waals surface area contributed by atoms with E-state index in [-0.39, 0.29) is 0 Å². The molecule has 0 radical (unpaired) electrons. The topological polar surface area (TPSA) is 0 Å². The van der Waals surface area contributed by atoms with Crippen LogP contribution < -0.4 is 0 Å². The van der Waals surface area contributed by atoms with E-state index in [1.165, 1.54) is 26.7 Å². The van der Waals surface area contributed by atoms with Gasteiger partial charge in [-0.1, -0.05) is 50.2 Å². The monoisotopic (exact) mass is 350 g/mol. The summed E-state index contributed by atoms with van der Waals surface area (Å²) in [7, 11) is 0. The van der Waals surface area contributed by atoms with Crippen molar-refractivity contribution < 1.29 is 0 Å². The van der Waals surface area contributed by atoms with E-state index in [0.717, 1.165) is 12.3 Å². The summed E-state index contributed by atoms with van der Waals surface area (Å²) in [6.07, 6.45) is 2.20. The Hall–Kier alpha value is -0.830. The minimum absolute atomic E-state index is 0.729. The van der Waals surface area contributed by atoms with Crippen LogP contribution in [0.2, 0.25) is 0 Å². The molecule has 0 saturated heterocycles. The minimum Gasteiger partial charge on any atom is -0.0625 e. The van der Waals surface area contributed by atoms with E-state index in [2.05, 4.69) is 85.0 Å². The molecule has 18 heavy (non-hydrogen) atoms. The summed E-state index contributed by atoms with van der Waals surface area (Å²) in [5, 5.41) is 0. The van der Waals surface area contributed by atoms with Gasteiger partial charge in [-0.15, -0.1) is 0 Å². The smallest absolute Gasteiger partial charge is 0.0130 e. The lowest BCUT2D eigenvalue weighted by atomic mass is 9.99. The highest BCUT2D eigenvalue weighted by atomic mass is 127. The van der Waals surface area contributed by atoms with Gasteiger partial charge in [0, 0.05) is 3.57 Å². The summed E-state index contributed by atoms with van der Waals surface area (Å²) in [4.78, 5) is 0. The van der Waals surface area contributed by atoms with Gasteiger partial charge in [0.1, 0.15) is 0 Å². The Labute approximate surface area is 124 Å². The molecule has 0 aliphatic carbocycles. The van der Waals surface area contributed by atoms with Gasteiger partial charge in [0.2, 0.25) is 0 Å². The lowest BCUT2D eigenvalue weighted by Crippen LogP contribution is -1.94. The first-order valence-electron chi connectivity index (χ1n) is 6.46. The van der Waals surface area contributed by atoms with Crippen molar-refractivity contribution >= 4 is 22.6 Å². The van der Waals surface area contributed by atoms with Crippen molar-refractivity contribution in [2.75, 3.05) is 0 Å². The molecule has 0 unspecified atom stereocenters. The highest BCUT2D eigenvalue weighted by Crippen LogP contribution is 2.14. The summed E-state index contributed by atoms with van der Waals surface area (Å²) in [5.41, 5.74) is 4.21. The van der Waals surface area contributed by atoms with Crippen LogP contribution in [-0.2, 0) is 12.8 Å². The molecule has 0 heterocycles. The van der Waals surface area contributed by atoms with E-state index in [1.807, 2.05) is 0 Å². The van der Waals surface area contributed by atoms with Crippen LogP contribution in [-0.4, -0.2) is 0 Å². The van der Waals surface area contributed by atoms with E-state index in [9.17, 15) is 0 Å². The van der Waals surface area contributed by atoms with Crippen LogP contribution in [0, 0.1) is 9.49 Å². The van der Waals surface area contributed by atoms with Crippen molar-refractivity contribution in [3.8, 4) is 0 Å². The first-order chi connectivity index (χ1) is 8.63. The van der Waals surface area contributed by atoms with Gasteiger partial charge in [-0.05, 0) is 70.2 Å². The average molecular weight is 350 g/mol. The third-order valence-electron chi connectivity index (χ3n) is 2.99. The number of hydrogen-bond donors (Lipinski definition) is 0. The van der Waals surface area contributed by atoms with E-state index in [1.54, 1.807) is 0 Å². The maximum atomic E-state index is 2.34. The Balaban J connectivity index is 2.04. The number of halogens is 1. The maximum Gasteiger partial charge on any atom is 0.0130 e. The predicted molar refractivity (Wildman–Crippen MR) is 86.9 cm³/mol. The van der Waals surface area contributed by atoms with Gasteiger partial charge < -0.3 is 0 Å². The Morgan fingerprint density at radius 3 is 1.72 bits per heavy atom. The normalized spacial score (nSPS) is 10.9. The Morgan fingerprint density at radius 1 is 0.778 bits per heavy atom. The highest BCUT2D eigenvalue weighted by molar-refractivity contribution is 14.1. The molecule has 2 rings (SSSR count). The molecule has 0 spiro atoms.